The molecule has 0 saturated carbocycles. The average molecular weight is 331 g/mol. The minimum atomic E-state index is -0.177. The van der Waals surface area contributed by atoms with Crippen LogP contribution in [0.5, 0.6) is 0 Å². The minimum Gasteiger partial charge on any atom is -0.392 e. The van der Waals surface area contributed by atoms with Crippen LogP contribution in [0.1, 0.15) is 45.4 Å². The summed E-state index contributed by atoms with van der Waals surface area (Å²) in [4.78, 5) is 1.21. The summed E-state index contributed by atoms with van der Waals surface area (Å²) in [6.07, 6.45) is 7.07. The van der Waals surface area contributed by atoms with Gasteiger partial charge in [-0.3, -0.25) is 0 Å². The molecule has 1 rings (SSSR count). The molecular formula is C15H23BrOS. The van der Waals surface area contributed by atoms with Gasteiger partial charge in [0, 0.05) is 15.1 Å². The molecule has 18 heavy (non-hydrogen) atoms. The van der Waals surface area contributed by atoms with Crippen molar-refractivity contribution >= 4 is 27.7 Å². The van der Waals surface area contributed by atoms with Crippen molar-refractivity contribution in [2.45, 2.75) is 56.4 Å². The fraction of sp³-hybridized carbons (Fsp3) is 0.600. The standard InChI is InChI=1S/C15H23BrOS/c1-2-3-4-5-6-9-13(17)12-18-15-11-8-7-10-14(15)16/h7-8,10-11,13,17H,2-6,9,12H2,1H3. The van der Waals surface area contributed by atoms with Gasteiger partial charge in [0.2, 0.25) is 0 Å². The number of unbranched alkanes of at least 4 members (excludes halogenated alkanes) is 4. The lowest BCUT2D eigenvalue weighted by Gasteiger charge is -2.10. The molecule has 1 unspecified atom stereocenters. The van der Waals surface area contributed by atoms with Gasteiger partial charge < -0.3 is 5.11 Å². The number of hydrogen-bond acceptors (Lipinski definition) is 2. The van der Waals surface area contributed by atoms with E-state index in [1.54, 1.807) is 11.8 Å². The van der Waals surface area contributed by atoms with E-state index in [2.05, 4.69) is 28.9 Å². The third-order valence-corrected chi connectivity index (χ3v) is 5.08. The van der Waals surface area contributed by atoms with E-state index in [1.807, 2.05) is 18.2 Å². The predicted molar refractivity (Wildman–Crippen MR) is 84.2 cm³/mol. The molecule has 3 heteroatoms. The first-order valence-corrected chi connectivity index (χ1v) is 8.57. The van der Waals surface area contributed by atoms with Gasteiger partial charge >= 0.3 is 0 Å². The first-order valence-electron chi connectivity index (χ1n) is 6.79. The first kappa shape index (κ1) is 16.1. The Morgan fingerprint density at radius 2 is 1.89 bits per heavy atom. The molecule has 0 heterocycles. The lowest BCUT2D eigenvalue weighted by atomic mass is 10.1. The number of rotatable bonds is 9. The maximum Gasteiger partial charge on any atom is 0.0634 e. The van der Waals surface area contributed by atoms with Crippen molar-refractivity contribution < 1.29 is 5.11 Å². The Kier molecular flexibility index (Phi) is 8.82. The summed E-state index contributed by atoms with van der Waals surface area (Å²) in [5, 5.41) is 9.92. The van der Waals surface area contributed by atoms with Crippen LogP contribution in [0.15, 0.2) is 33.6 Å². The molecule has 1 N–H and O–H groups in total. The van der Waals surface area contributed by atoms with Gasteiger partial charge in [-0.1, -0.05) is 51.2 Å². The van der Waals surface area contributed by atoms with Crippen molar-refractivity contribution in [2.75, 3.05) is 5.75 Å². The molecule has 102 valence electrons. The molecule has 1 aromatic carbocycles. The topological polar surface area (TPSA) is 20.2 Å². The Labute approximate surface area is 124 Å². The number of benzene rings is 1. The van der Waals surface area contributed by atoms with Gasteiger partial charge in [0.15, 0.2) is 0 Å². The highest BCUT2D eigenvalue weighted by molar-refractivity contribution is 9.10. The number of aliphatic hydroxyl groups is 1. The Morgan fingerprint density at radius 3 is 2.61 bits per heavy atom. The summed E-state index contributed by atoms with van der Waals surface area (Å²) in [6.45, 7) is 2.23. The zero-order valence-corrected chi connectivity index (χ0v) is 13.5. The zero-order chi connectivity index (χ0) is 13.2. The summed E-state index contributed by atoms with van der Waals surface area (Å²) < 4.78 is 1.12. The Hall–Kier alpha value is 0.01000. The summed E-state index contributed by atoms with van der Waals surface area (Å²) in [5.41, 5.74) is 0. The molecule has 0 amide bonds. The van der Waals surface area contributed by atoms with Gasteiger partial charge in [-0.15, -0.1) is 11.8 Å². The normalized spacial score (nSPS) is 12.6. The lowest BCUT2D eigenvalue weighted by molar-refractivity contribution is 0.185. The van der Waals surface area contributed by atoms with Crippen LogP contribution in [0.2, 0.25) is 0 Å². The van der Waals surface area contributed by atoms with Crippen LogP contribution in [0, 0.1) is 0 Å². The number of halogens is 1. The summed E-state index contributed by atoms with van der Waals surface area (Å²) in [7, 11) is 0. The van der Waals surface area contributed by atoms with E-state index >= 15 is 0 Å². The Bertz CT molecular complexity index is 330. The van der Waals surface area contributed by atoms with E-state index in [9.17, 15) is 5.11 Å². The second kappa shape index (κ2) is 9.88. The molecule has 1 aromatic rings. The van der Waals surface area contributed by atoms with Crippen LogP contribution < -0.4 is 0 Å². The maximum atomic E-state index is 9.92. The Morgan fingerprint density at radius 1 is 1.17 bits per heavy atom. The number of thioether (sulfide) groups is 1. The van der Waals surface area contributed by atoms with Gasteiger partial charge in [-0.25, -0.2) is 0 Å². The van der Waals surface area contributed by atoms with Crippen molar-refractivity contribution in [2.24, 2.45) is 0 Å². The van der Waals surface area contributed by atoms with Crippen LogP contribution in [-0.2, 0) is 0 Å². The van der Waals surface area contributed by atoms with E-state index in [1.165, 1.54) is 30.6 Å². The molecule has 0 bridgehead atoms. The van der Waals surface area contributed by atoms with E-state index in [4.69, 9.17) is 0 Å². The smallest absolute Gasteiger partial charge is 0.0634 e. The molecule has 0 spiro atoms. The molecule has 0 radical (unpaired) electrons. The third-order valence-electron chi connectivity index (χ3n) is 2.91. The summed E-state index contributed by atoms with van der Waals surface area (Å²) in [5.74, 6) is 0.788. The quantitative estimate of drug-likeness (QED) is 0.492. The average Bonchev–Trinajstić information content (AvgIpc) is 2.37. The Balaban J connectivity index is 2.13. The van der Waals surface area contributed by atoms with Crippen LogP contribution >= 0.6 is 27.7 Å². The number of aliphatic hydroxyl groups excluding tert-OH is 1. The number of hydrogen-bond donors (Lipinski definition) is 1. The molecule has 0 aromatic heterocycles. The molecule has 0 fully saturated rings. The zero-order valence-electron chi connectivity index (χ0n) is 11.1. The monoisotopic (exact) mass is 330 g/mol. The summed E-state index contributed by atoms with van der Waals surface area (Å²) >= 11 is 5.25. The van der Waals surface area contributed by atoms with Gasteiger partial charge in [-0.05, 0) is 34.5 Å². The highest BCUT2D eigenvalue weighted by Gasteiger charge is 2.06. The van der Waals surface area contributed by atoms with Crippen molar-refractivity contribution in [1.82, 2.24) is 0 Å². The fourth-order valence-corrected chi connectivity index (χ4v) is 3.36. The van der Waals surface area contributed by atoms with Gasteiger partial charge in [0.1, 0.15) is 0 Å². The summed E-state index contributed by atoms with van der Waals surface area (Å²) in [6, 6.07) is 8.17. The van der Waals surface area contributed by atoms with Crippen molar-refractivity contribution in [3.8, 4) is 0 Å². The van der Waals surface area contributed by atoms with Crippen LogP contribution in [-0.4, -0.2) is 17.0 Å². The van der Waals surface area contributed by atoms with Gasteiger partial charge in [0.25, 0.3) is 0 Å². The van der Waals surface area contributed by atoms with E-state index < -0.39 is 0 Å². The first-order chi connectivity index (χ1) is 8.74. The van der Waals surface area contributed by atoms with Gasteiger partial charge in [-0.2, -0.15) is 0 Å². The molecule has 0 aliphatic carbocycles. The largest absolute Gasteiger partial charge is 0.392 e. The van der Waals surface area contributed by atoms with E-state index in [0.29, 0.717) is 0 Å². The van der Waals surface area contributed by atoms with Crippen LogP contribution in [0.25, 0.3) is 0 Å². The highest BCUT2D eigenvalue weighted by Crippen LogP contribution is 2.28. The SMILES string of the molecule is CCCCCCCC(O)CSc1ccccc1Br. The predicted octanol–water partition coefficient (Wildman–Crippen LogP) is 5.26. The van der Waals surface area contributed by atoms with Crippen molar-refractivity contribution in [1.29, 1.82) is 0 Å². The molecule has 1 nitrogen and oxygen atoms in total. The molecule has 0 aliphatic heterocycles. The lowest BCUT2D eigenvalue weighted by Crippen LogP contribution is -2.09. The molecule has 1 atom stereocenters. The second-order valence-corrected chi connectivity index (χ2v) is 6.51. The maximum absolute atomic E-state index is 9.92. The molecule has 0 saturated heterocycles. The van der Waals surface area contributed by atoms with E-state index in [0.717, 1.165) is 23.1 Å². The minimum absolute atomic E-state index is 0.177. The molecular weight excluding hydrogens is 308 g/mol. The van der Waals surface area contributed by atoms with Crippen LogP contribution in [0.3, 0.4) is 0 Å². The second-order valence-electron chi connectivity index (χ2n) is 4.60. The highest BCUT2D eigenvalue weighted by atomic mass is 79.9. The third kappa shape index (κ3) is 6.81. The molecule has 0 aliphatic rings. The van der Waals surface area contributed by atoms with Crippen LogP contribution in [0.4, 0.5) is 0 Å². The fourth-order valence-electron chi connectivity index (χ4n) is 1.81. The van der Waals surface area contributed by atoms with Crippen molar-refractivity contribution in [3.63, 3.8) is 0 Å². The van der Waals surface area contributed by atoms with E-state index in [-0.39, 0.29) is 6.10 Å². The van der Waals surface area contributed by atoms with Crippen molar-refractivity contribution in [3.05, 3.63) is 28.7 Å². The van der Waals surface area contributed by atoms with Gasteiger partial charge in [0.05, 0.1) is 6.10 Å².